The predicted octanol–water partition coefficient (Wildman–Crippen LogP) is 1.42. The molecule has 1 heterocycles. The minimum absolute atomic E-state index is 0.0129. The van der Waals surface area contributed by atoms with E-state index in [4.69, 9.17) is 4.74 Å². The number of anilines is 1. The van der Waals surface area contributed by atoms with Crippen molar-refractivity contribution in [1.82, 2.24) is 9.55 Å². The predicted molar refractivity (Wildman–Crippen MR) is 73.4 cm³/mol. The zero-order chi connectivity index (χ0) is 14.8. The molecule has 0 fully saturated rings. The Morgan fingerprint density at radius 3 is 2.80 bits per heavy atom. The first kappa shape index (κ1) is 14.2. The van der Waals surface area contributed by atoms with Gasteiger partial charge < -0.3 is 14.4 Å². The van der Waals surface area contributed by atoms with Crippen LogP contribution in [-0.2, 0) is 16.6 Å². The van der Waals surface area contributed by atoms with Gasteiger partial charge in [0.05, 0.1) is 13.4 Å². The molecule has 0 aliphatic heterocycles. The van der Waals surface area contributed by atoms with E-state index in [0.29, 0.717) is 6.54 Å². The highest BCUT2D eigenvalue weighted by Crippen LogP contribution is 2.34. The molecular formula is C12H15N3O4S. The van der Waals surface area contributed by atoms with Gasteiger partial charge in [-0.1, -0.05) is 6.07 Å². The third-order valence-electron chi connectivity index (χ3n) is 2.71. The van der Waals surface area contributed by atoms with E-state index in [9.17, 15) is 13.5 Å². The van der Waals surface area contributed by atoms with Crippen molar-refractivity contribution in [3.8, 4) is 11.5 Å². The van der Waals surface area contributed by atoms with Gasteiger partial charge in [0.1, 0.15) is 17.2 Å². The van der Waals surface area contributed by atoms with Crippen LogP contribution < -0.4 is 9.46 Å². The number of para-hydroxylation sites is 1. The number of phenolic OH excluding ortho intramolecular Hbond substituents is 1. The van der Waals surface area contributed by atoms with Crippen LogP contribution in [0.3, 0.4) is 0 Å². The van der Waals surface area contributed by atoms with Crippen molar-refractivity contribution in [2.24, 2.45) is 0 Å². The summed E-state index contributed by atoms with van der Waals surface area (Å²) in [5, 5.41) is 9.63. The first-order valence-electron chi connectivity index (χ1n) is 5.88. The fourth-order valence-electron chi connectivity index (χ4n) is 1.63. The summed E-state index contributed by atoms with van der Waals surface area (Å²) in [4.78, 5) is 3.83. The number of rotatable bonds is 5. The molecule has 2 N–H and O–H groups in total. The molecule has 0 radical (unpaired) electrons. The van der Waals surface area contributed by atoms with Crippen molar-refractivity contribution in [2.75, 3.05) is 11.8 Å². The summed E-state index contributed by atoms with van der Waals surface area (Å²) in [6.07, 6.45) is 2.84. The third-order valence-corrected chi connectivity index (χ3v) is 3.94. The molecule has 0 aliphatic carbocycles. The molecule has 0 saturated heterocycles. The SMILES string of the molecule is CCn1cnc(S(=O)(=O)Nc2c(O)cccc2OC)c1. The Bertz CT molecular complexity index is 709. The number of hydrogen-bond donors (Lipinski definition) is 2. The minimum Gasteiger partial charge on any atom is -0.506 e. The molecule has 0 amide bonds. The van der Waals surface area contributed by atoms with Crippen molar-refractivity contribution in [3.05, 3.63) is 30.7 Å². The fraction of sp³-hybridized carbons (Fsp3) is 0.250. The topological polar surface area (TPSA) is 93.5 Å². The number of ether oxygens (including phenoxy) is 1. The van der Waals surface area contributed by atoms with Crippen LogP contribution in [0.25, 0.3) is 0 Å². The molecule has 1 aromatic heterocycles. The summed E-state index contributed by atoms with van der Waals surface area (Å²) in [6, 6.07) is 4.46. The van der Waals surface area contributed by atoms with E-state index in [2.05, 4.69) is 9.71 Å². The monoisotopic (exact) mass is 297 g/mol. The number of sulfonamides is 1. The number of hydrogen-bond acceptors (Lipinski definition) is 5. The maximum absolute atomic E-state index is 12.2. The Hall–Kier alpha value is -2.22. The number of nitrogens with one attached hydrogen (secondary N) is 1. The molecular weight excluding hydrogens is 282 g/mol. The molecule has 1 aromatic carbocycles. The standard InChI is InChI=1S/C12H15N3O4S/c1-3-15-7-11(13-8-15)20(17,18)14-12-9(16)5-4-6-10(12)19-2/h4-8,14,16H,3H2,1-2H3. The lowest BCUT2D eigenvalue weighted by atomic mass is 10.3. The second-order valence-corrected chi connectivity index (χ2v) is 5.63. The van der Waals surface area contributed by atoms with Crippen LogP contribution in [0.1, 0.15) is 6.92 Å². The lowest BCUT2D eigenvalue weighted by molar-refractivity contribution is 0.411. The van der Waals surface area contributed by atoms with E-state index in [1.54, 1.807) is 16.7 Å². The maximum Gasteiger partial charge on any atom is 0.281 e. The van der Waals surface area contributed by atoms with E-state index in [1.165, 1.54) is 25.7 Å². The Balaban J connectivity index is 2.38. The van der Waals surface area contributed by atoms with Crippen LogP contribution in [0.2, 0.25) is 0 Å². The summed E-state index contributed by atoms with van der Waals surface area (Å²) >= 11 is 0. The Morgan fingerprint density at radius 2 is 2.20 bits per heavy atom. The van der Waals surface area contributed by atoms with E-state index in [1.807, 2.05) is 6.92 Å². The first-order valence-corrected chi connectivity index (χ1v) is 7.36. The van der Waals surface area contributed by atoms with E-state index >= 15 is 0 Å². The summed E-state index contributed by atoms with van der Waals surface area (Å²) in [6.45, 7) is 2.49. The molecule has 8 heteroatoms. The first-order chi connectivity index (χ1) is 9.47. The van der Waals surface area contributed by atoms with Gasteiger partial charge in [-0.3, -0.25) is 4.72 Å². The van der Waals surface area contributed by atoms with Gasteiger partial charge >= 0.3 is 0 Å². The van der Waals surface area contributed by atoms with E-state index < -0.39 is 10.0 Å². The number of aromatic nitrogens is 2. The number of aromatic hydroxyl groups is 1. The van der Waals surface area contributed by atoms with Crippen molar-refractivity contribution >= 4 is 15.7 Å². The average molecular weight is 297 g/mol. The summed E-state index contributed by atoms with van der Waals surface area (Å²) < 4.78 is 33.3. The number of imidazole rings is 1. The Labute approximate surface area is 116 Å². The maximum atomic E-state index is 12.2. The van der Waals surface area contributed by atoms with Gasteiger partial charge in [-0.05, 0) is 19.1 Å². The summed E-state index contributed by atoms with van der Waals surface area (Å²) in [5.41, 5.74) is -0.0129. The zero-order valence-electron chi connectivity index (χ0n) is 11.1. The van der Waals surface area contributed by atoms with Gasteiger partial charge in [0.2, 0.25) is 0 Å². The molecule has 108 valence electrons. The lowest BCUT2D eigenvalue weighted by Crippen LogP contribution is -2.14. The molecule has 2 rings (SSSR count). The van der Waals surface area contributed by atoms with Gasteiger partial charge in [-0.25, -0.2) is 4.98 Å². The minimum atomic E-state index is -3.88. The number of nitrogens with zero attached hydrogens (tertiary/aromatic N) is 2. The third kappa shape index (κ3) is 2.69. The van der Waals surface area contributed by atoms with Crippen LogP contribution in [-0.4, -0.2) is 30.2 Å². The number of benzene rings is 1. The lowest BCUT2D eigenvalue weighted by Gasteiger charge is -2.11. The van der Waals surface area contributed by atoms with Crippen LogP contribution in [0.15, 0.2) is 35.7 Å². The van der Waals surface area contributed by atoms with Crippen LogP contribution in [0.5, 0.6) is 11.5 Å². The highest BCUT2D eigenvalue weighted by Gasteiger charge is 2.21. The van der Waals surface area contributed by atoms with Crippen molar-refractivity contribution in [2.45, 2.75) is 18.5 Å². The summed E-state index contributed by atoms with van der Waals surface area (Å²) in [7, 11) is -2.49. The molecule has 0 atom stereocenters. The number of methoxy groups -OCH3 is 1. The molecule has 0 spiro atoms. The van der Waals surface area contributed by atoms with Gasteiger partial charge in [-0.2, -0.15) is 8.42 Å². The van der Waals surface area contributed by atoms with Gasteiger partial charge in [0.25, 0.3) is 10.0 Å². The molecule has 2 aromatic rings. The molecule has 0 bridgehead atoms. The second kappa shape index (κ2) is 5.41. The van der Waals surface area contributed by atoms with E-state index in [0.717, 1.165) is 0 Å². The average Bonchev–Trinajstić information content (AvgIpc) is 2.90. The largest absolute Gasteiger partial charge is 0.506 e. The van der Waals surface area contributed by atoms with Crippen LogP contribution >= 0.6 is 0 Å². The second-order valence-electron chi connectivity index (χ2n) is 4.00. The molecule has 0 saturated carbocycles. The zero-order valence-corrected chi connectivity index (χ0v) is 11.9. The number of aryl methyl sites for hydroxylation is 1. The highest BCUT2D eigenvalue weighted by molar-refractivity contribution is 7.92. The van der Waals surface area contributed by atoms with Crippen molar-refractivity contribution < 1.29 is 18.3 Å². The van der Waals surface area contributed by atoms with Gasteiger partial charge in [0.15, 0.2) is 5.03 Å². The molecule has 0 aliphatic rings. The van der Waals surface area contributed by atoms with Crippen LogP contribution in [0.4, 0.5) is 5.69 Å². The van der Waals surface area contributed by atoms with Gasteiger partial charge in [0, 0.05) is 12.7 Å². The van der Waals surface area contributed by atoms with Crippen molar-refractivity contribution in [3.63, 3.8) is 0 Å². The Kier molecular flexibility index (Phi) is 3.84. The molecule has 7 nitrogen and oxygen atoms in total. The highest BCUT2D eigenvalue weighted by atomic mass is 32.2. The number of phenols is 1. The summed E-state index contributed by atoms with van der Waals surface area (Å²) in [5.74, 6) is 0.00588. The molecule has 20 heavy (non-hydrogen) atoms. The van der Waals surface area contributed by atoms with Gasteiger partial charge in [-0.15, -0.1) is 0 Å². The fourth-order valence-corrected chi connectivity index (χ4v) is 2.67. The van der Waals surface area contributed by atoms with Crippen molar-refractivity contribution in [1.29, 1.82) is 0 Å². The quantitative estimate of drug-likeness (QED) is 0.814. The Morgan fingerprint density at radius 1 is 1.45 bits per heavy atom. The molecule has 0 unspecified atom stereocenters. The van der Waals surface area contributed by atoms with E-state index in [-0.39, 0.29) is 22.2 Å². The smallest absolute Gasteiger partial charge is 0.281 e. The normalized spacial score (nSPS) is 11.3. The van der Waals surface area contributed by atoms with Crippen LogP contribution in [0, 0.1) is 0 Å².